The molecule has 22 heavy (non-hydrogen) atoms. The van der Waals surface area contributed by atoms with Crippen molar-refractivity contribution in [1.82, 2.24) is 10.3 Å². The minimum atomic E-state index is -0.432. The summed E-state index contributed by atoms with van der Waals surface area (Å²) in [7, 11) is 0. The summed E-state index contributed by atoms with van der Waals surface area (Å²) in [6.45, 7) is 1.65. The molecule has 1 N–H and O–H groups in total. The van der Waals surface area contributed by atoms with Crippen molar-refractivity contribution in [3.63, 3.8) is 0 Å². The Kier molecular flexibility index (Phi) is 3.71. The number of halogens is 1. The number of carbonyl (C=O) groups excluding carboxylic acids is 2. The van der Waals surface area contributed by atoms with Gasteiger partial charge < -0.3 is 5.32 Å². The SMILES string of the molecule is Cc1c(F)cc(C(=O)NC2CC2)cc1-c1ccc(C=O)nc1. The van der Waals surface area contributed by atoms with Gasteiger partial charge in [0.2, 0.25) is 0 Å². The Hall–Kier alpha value is -2.56. The monoisotopic (exact) mass is 298 g/mol. The number of pyridine rings is 1. The van der Waals surface area contributed by atoms with Crippen LogP contribution in [-0.4, -0.2) is 23.2 Å². The van der Waals surface area contributed by atoms with E-state index in [1.807, 2.05) is 0 Å². The highest BCUT2D eigenvalue weighted by atomic mass is 19.1. The standard InChI is InChI=1S/C17H15FN2O2/c1-10-15(11-2-3-14(9-21)19-8-11)6-12(7-16(10)18)17(22)20-13-4-5-13/h2-3,6-9,13H,4-5H2,1H3,(H,20,22). The third kappa shape index (κ3) is 2.88. The Labute approximate surface area is 127 Å². The van der Waals surface area contributed by atoms with Crippen molar-refractivity contribution in [2.45, 2.75) is 25.8 Å². The molecule has 0 unspecified atom stereocenters. The van der Waals surface area contributed by atoms with E-state index >= 15 is 0 Å². The van der Waals surface area contributed by atoms with Crippen LogP contribution in [0.5, 0.6) is 0 Å². The fraction of sp³-hybridized carbons (Fsp3) is 0.235. The van der Waals surface area contributed by atoms with Crippen molar-refractivity contribution in [1.29, 1.82) is 0 Å². The lowest BCUT2D eigenvalue weighted by atomic mass is 9.98. The minimum absolute atomic E-state index is 0.217. The van der Waals surface area contributed by atoms with Gasteiger partial charge in [0.15, 0.2) is 6.29 Å². The van der Waals surface area contributed by atoms with Crippen LogP contribution >= 0.6 is 0 Å². The van der Waals surface area contributed by atoms with Crippen molar-refractivity contribution in [2.75, 3.05) is 0 Å². The highest BCUT2D eigenvalue weighted by Crippen LogP contribution is 2.27. The molecule has 1 amide bonds. The molecule has 0 spiro atoms. The van der Waals surface area contributed by atoms with Crippen molar-refractivity contribution in [2.24, 2.45) is 0 Å². The van der Waals surface area contributed by atoms with E-state index in [1.165, 1.54) is 12.3 Å². The van der Waals surface area contributed by atoms with E-state index in [4.69, 9.17) is 0 Å². The molecule has 1 saturated carbocycles. The fourth-order valence-corrected chi connectivity index (χ4v) is 2.24. The van der Waals surface area contributed by atoms with Crippen LogP contribution in [0.1, 0.15) is 39.3 Å². The molecule has 4 nitrogen and oxygen atoms in total. The summed E-state index contributed by atoms with van der Waals surface area (Å²) >= 11 is 0. The number of nitrogens with zero attached hydrogens (tertiary/aromatic N) is 1. The highest BCUT2D eigenvalue weighted by Gasteiger charge is 2.24. The van der Waals surface area contributed by atoms with Crippen LogP contribution in [0.2, 0.25) is 0 Å². The van der Waals surface area contributed by atoms with Gasteiger partial charge >= 0.3 is 0 Å². The van der Waals surface area contributed by atoms with E-state index in [9.17, 15) is 14.0 Å². The number of amides is 1. The summed E-state index contributed by atoms with van der Waals surface area (Å²) in [5.41, 5.74) is 2.33. The highest BCUT2D eigenvalue weighted by molar-refractivity contribution is 5.96. The minimum Gasteiger partial charge on any atom is -0.349 e. The molecule has 1 heterocycles. The molecule has 1 fully saturated rings. The van der Waals surface area contributed by atoms with Crippen molar-refractivity contribution < 1.29 is 14.0 Å². The van der Waals surface area contributed by atoms with Gasteiger partial charge in [-0.2, -0.15) is 0 Å². The molecule has 0 aliphatic heterocycles. The van der Waals surface area contributed by atoms with Crippen LogP contribution in [0, 0.1) is 12.7 Å². The lowest BCUT2D eigenvalue weighted by molar-refractivity contribution is 0.0950. The molecule has 1 aliphatic rings. The zero-order chi connectivity index (χ0) is 15.7. The van der Waals surface area contributed by atoms with E-state index < -0.39 is 5.82 Å². The van der Waals surface area contributed by atoms with Gasteiger partial charge in [-0.25, -0.2) is 4.39 Å². The molecule has 0 bridgehead atoms. The molecule has 1 aliphatic carbocycles. The molecule has 0 radical (unpaired) electrons. The van der Waals surface area contributed by atoms with Crippen LogP contribution in [0.4, 0.5) is 4.39 Å². The summed E-state index contributed by atoms with van der Waals surface area (Å²) in [6.07, 6.45) is 4.11. The van der Waals surface area contributed by atoms with Crippen molar-refractivity contribution in [3.8, 4) is 11.1 Å². The molecule has 2 aromatic rings. The van der Waals surface area contributed by atoms with E-state index in [2.05, 4.69) is 10.3 Å². The number of aldehydes is 1. The zero-order valence-corrected chi connectivity index (χ0v) is 12.1. The van der Waals surface area contributed by atoms with E-state index in [0.29, 0.717) is 34.2 Å². The molecule has 112 valence electrons. The lowest BCUT2D eigenvalue weighted by Crippen LogP contribution is -2.25. The Morgan fingerprint density at radius 1 is 1.36 bits per heavy atom. The van der Waals surface area contributed by atoms with Gasteiger partial charge in [-0.1, -0.05) is 6.07 Å². The van der Waals surface area contributed by atoms with Gasteiger partial charge in [-0.3, -0.25) is 14.6 Å². The number of nitrogens with one attached hydrogen (secondary N) is 1. The number of carbonyl (C=O) groups is 2. The van der Waals surface area contributed by atoms with Crippen LogP contribution in [0.3, 0.4) is 0 Å². The summed E-state index contributed by atoms with van der Waals surface area (Å²) in [5, 5.41) is 2.85. The maximum atomic E-state index is 14.1. The molecule has 1 aromatic heterocycles. The maximum Gasteiger partial charge on any atom is 0.251 e. The van der Waals surface area contributed by atoms with Gasteiger partial charge in [-0.05, 0) is 49.1 Å². The molecule has 5 heteroatoms. The van der Waals surface area contributed by atoms with Crippen molar-refractivity contribution >= 4 is 12.2 Å². The molecular formula is C17H15FN2O2. The summed E-state index contributed by atoms with van der Waals surface area (Å²) in [6, 6.07) is 6.39. The topological polar surface area (TPSA) is 59.1 Å². The van der Waals surface area contributed by atoms with Gasteiger partial charge in [0, 0.05) is 23.4 Å². The smallest absolute Gasteiger partial charge is 0.251 e. The summed E-state index contributed by atoms with van der Waals surface area (Å²) < 4.78 is 14.1. The second kappa shape index (κ2) is 5.67. The number of rotatable bonds is 4. The third-order valence-corrected chi connectivity index (χ3v) is 3.74. The summed E-state index contributed by atoms with van der Waals surface area (Å²) in [5.74, 6) is -0.696. The molecule has 0 saturated heterocycles. The Morgan fingerprint density at radius 3 is 2.73 bits per heavy atom. The second-order valence-electron chi connectivity index (χ2n) is 5.47. The Balaban J connectivity index is 1.99. The Bertz CT molecular complexity index is 737. The quantitative estimate of drug-likeness (QED) is 0.883. The van der Waals surface area contributed by atoms with Gasteiger partial charge in [-0.15, -0.1) is 0 Å². The summed E-state index contributed by atoms with van der Waals surface area (Å²) in [4.78, 5) is 26.7. The molecule has 1 aromatic carbocycles. The first-order valence-electron chi connectivity index (χ1n) is 7.11. The van der Waals surface area contributed by atoms with Crippen LogP contribution in [0.25, 0.3) is 11.1 Å². The predicted molar refractivity (Wildman–Crippen MR) is 80.2 cm³/mol. The normalized spacial score (nSPS) is 13.7. The number of aromatic nitrogens is 1. The van der Waals surface area contributed by atoms with Gasteiger partial charge in [0.25, 0.3) is 5.91 Å². The lowest BCUT2D eigenvalue weighted by Gasteiger charge is -2.11. The Morgan fingerprint density at radius 2 is 2.14 bits per heavy atom. The number of hydrogen-bond donors (Lipinski definition) is 1. The van der Waals surface area contributed by atoms with Crippen LogP contribution in [0.15, 0.2) is 30.5 Å². The van der Waals surface area contributed by atoms with Crippen molar-refractivity contribution in [3.05, 3.63) is 53.1 Å². The number of hydrogen-bond acceptors (Lipinski definition) is 3. The largest absolute Gasteiger partial charge is 0.349 e. The molecular weight excluding hydrogens is 283 g/mol. The van der Waals surface area contributed by atoms with Crippen LogP contribution in [-0.2, 0) is 0 Å². The molecule has 0 atom stereocenters. The van der Waals surface area contributed by atoms with Gasteiger partial charge in [0.1, 0.15) is 11.5 Å². The average molecular weight is 298 g/mol. The van der Waals surface area contributed by atoms with E-state index in [0.717, 1.165) is 12.8 Å². The fourth-order valence-electron chi connectivity index (χ4n) is 2.24. The second-order valence-corrected chi connectivity index (χ2v) is 5.47. The van der Waals surface area contributed by atoms with Crippen LogP contribution < -0.4 is 5.32 Å². The number of benzene rings is 1. The zero-order valence-electron chi connectivity index (χ0n) is 12.1. The first-order valence-corrected chi connectivity index (χ1v) is 7.11. The van der Waals surface area contributed by atoms with Gasteiger partial charge in [0.05, 0.1) is 0 Å². The van der Waals surface area contributed by atoms with E-state index in [-0.39, 0.29) is 11.9 Å². The van der Waals surface area contributed by atoms with E-state index in [1.54, 1.807) is 25.1 Å². The first kappa shape index (κ1) is 14.4. The maximum absolute atomic E-state index is 14.1. The first-order chi connectivity index (χ1) is 10.6. The predicted octanol–water partition coefficient (Wildman–Crippen LogP) is 2.90. The molecule has 3 rings (SSSR count). The average Bonchev–Trinajstić information content (AvgIpc) is 3.34. The third-order valence-electron chi connectivity index (χ3n) is 3.74.